The van der Waals surface area contributed by atoms with Crippen LogP contribution in [0.4, 0.5) is 5.95 Å². The first kappa shape index (κ1) is 10.8. The number of nitrogens with two attached hydrogens (primary N) is 1. The second-order valence-electron chi connectivity index (χ2n) is 4.51. The fourth-order valence-electron chi connectivity index (χ4n) is 2.08. The van der Waals surface area contributed by atoms with Crippen LogP contribution in [0.1, 0.15) is 11.1 Å². The molecular formula is C14H14N4. The Morgan fingerprint density at radius 2 is 1.83 bits per heavy atom. The number of fused-ring (bicyclic) bond motifs is 1. The number of aromatic nitrogens is 3. The molecule has 0 amide bonds. The van der Waals surface area contributed by atoms with Crippen molar-refractivity contribution in [3.63, 3.8) is 0 Å². The summed E-state index contributed by atoms with van der Waals surface area (Å²) in [4.78, 5) is 4.15. The summed E-state index contributed by atoms with van der Waals surface area (Å²) in [5, 5.41) is 4.14. The van der Waals surface area contributed by atoms with Crippen LogP contribution in [0.25, 0.3) is 16.8 Å². The van der Waals surface area contributed by atoms with Crippen LogP contribution < -0.4 is 5.73 Å². The summed E-state index contributed by atoms with van der Waals surface area (Å²) in [7, 11) is 0. The van der Waals surface area contributed by atoms with E-state index in [2.05, 4.69) is 48.2 Å². The molecule has 0 bridgehead atoms. The van der Waals surface area contributed by atoms with E-state index in [4.69, 9.17) is 5.73 Å². The third kappa shape index (κ3) is 1.72. The number of hydrogen-bond donors (Lipinski definition) is 1. The van der Waals surface area contributed by atoms with Crippen molar-refractivity contribution in [2.45, 2.75) is 13.8 Å². The van der Waals surface area contributed by atoms with Crippen molar-refractivity contribution in [3.05, 3.63) is 47.7 Å². The quantitative estimate of drug-likeness (QED) is 0.709. The molecule has 0 radical (unpaired) electrons. The Kier molecular flexibility index (Phi) is 2.30. The van der Waals surface area contributed by atoms with Crippen LogP contribution in [0.15, 0.2) is 36.5 Å². The van der Waals surface area contributed by atoms with Gasteiger partial charge in [-0.3, -0.25) is 0 Å². The minimum atomic E-state index is 0.301. The van der Waals surface area contributed by atoms with Gasteiger partial charge in [-0.15, -0.1) is 5.10 Å². The van der Waals surface area contributed by atoms with Gasteiger partial charge in [0.1, 0.15) is 0 Å². The Labute approximate surface area is 105 Å². The summed E-state index contributed by atoms with van der Waals surface area (Å²) in [6.07, 6.45) is 1.97. The highest BCUT2D eigenvalue weighted by Gasteiger charge is 2.07. The third-order valence-electron chi connectivity index (χ3n) is 3.06. The third-order valence-corrected chi connectivity index (χ3v) is 3.06. The summed E-state index contributed by atoms with van der Waals surface area (Å²) < 4.78 is 1.72. The van der Waals surface area contributed by atoms with Crippen molar-refractivity contribution in [2.75, 3.05) is 5.73 Å². The van der Waals surface area contributed by atoms with Crippen LogP contribution in [-0.2, 0) is 0 Å². The van der Waals surface area contributed by atoms with E-state index in [0.29, 0.717) is 5.95 Å². The predicted octanol–water partition coefficient (Wildman–Crippen LogP) is 2.60. The van der Waals surface area contributed by atoms with Crippen molar-refractivity contribution < 1.29 is 0 Å². The Balaban J connectivity index is 2.21. The van der Waals surface area contributed by atoms with Crippen LogP contribution in [-0.4, -0.2) is 14.6 Å². The highest BCUT2D eigenvalue weighted by Crippen LogP contribution is 2.24. The second kappa shape index (κ2) is 3.84. The SMILES string of the molecule is Cc1ccc(-c2cn3nc(N)nc3cc2C)cc1. The number of aryl methyl sites for hydroxylation is 2. The topological polar surface area (TPSA) is 56.2 Å². The first-order valence-corrected chi connectivity index (χ1v) is 5.83. The lowest BCUT2D eigenvalue weighted by molar-refractivity contribution is 0.966. The maximum Gasteiger partial charge on any atom is 0.240 e. The predicted molar refractivity (Wildman–Crippen MR) is 72.3 cm³/mol. The molecule has 0 aliphatic rings. The summed E-state index contributed by atoms with van der Waals surface area (Å²) in [5.41, 5.74) is 11.1. The molecule has 1 aromatic carbocycles. The molecular weight excluding hydrogens is 224 g/mol. The molecule has 3 aromatic rings. The Bertz CT molecular complexity index is 710. The van der Waals surface area contributed by atoms with Crippen molar-refractivity contribution in [3.8, 4) is 11.1 Å². The average molecular weight is 238 g/mol. The monoisotopic (exact) mass is 238 g/mol. The number of hydrogen-bond acceptors (Lipinski definition) is 3. The number of benzene rings is 1. The highest BCUT2D eigenvalue weighted by molar-refractivity contribution is 5.69. The van der Waals surface area contributed by atoms with Gasteiger partial charge in [-0.2, -0.15) is 4.98 Å². The van der Waals surface area contributed by atoms with Gasteiger partial charge in [0.15, 0.2) is 5.65 Å². The Morgan fingerprint density at radius 1 is 1.11 bits per heavy atom. The molecule has 0 unspecified atom stereocenters. The van der Waals surface area contributed by atoms with Gasteiger partial charge < -0.3 is 5.73 Å². The van der Waals surface area contributed by atoms with Crippen molar-refractivity contribution in [1.29, 1.82) is 0 Å². The largest absolute Gasteiger partial charge is 0.366 e. The standard InChI is InChI=1S/C14H14N4/c1-9-3-5-11(6-4-9)12-8-18-13(7-10(12)2)16-14(15)17-18/h3-8H,1-2H3,(H2,15,17). The minimum Gasteiger partial charge on any atom is -0.366 e. The molecule has 2 aromatic heterocycles. The highest BCUT2D eigenvalue weighted by atomic mass is 15.3. The summed E-state index contributed by atoms with van der Waals surface area (Å²) in [6, 6.07) is 10.4. The molecule has 0 atom stereocenters. The first-order chi connectivity index (χ1) is 8.63. The van der Waals surface area contributed by atoms with E-state index in [0.717, 1.165) is 11.2 Å². The molecule has 2 N–H and O–H groups in total. The lowest BCUT2D eigenvalue weighted by atomic mass is 10.0. The smallest absolute Gasteiger partial charge is 0.240 e. The summed E-state index contributed by atoms with van der Waals surface area (Å²) in [5.74, 6) is 0.301. The zero-order chi connectivity index (χ0) is 12.7. The van der Waals surface area contributed by atoms with E-state index < -0.39 is 0 Å². The van der Waals surface area contributed by atoms with Gasteiger partial charge in [0, 0.05) is 11.8 Å². The van der Waals surface area contributed by atoms with Crippen LogP contribution >= 0.6 is 0 Å². The number of pyridine rings is 1. The fraction of sp³-hybridized carbons (Fsp3) is 0.143. The van der Waals surface area contributed by atoms with Gasteiger partial charge in [0.25, 0.3) is 0 Å². The van der Waals surface area contributed by atoms with Crippen LogP contribution in [0.3, 0.4) is 0 Å². The molecule has 2 heterocycles. The van der Waals surface area contributed by atoms with Gasteiger partial charge in [0.05, 0.1) is 0 Å². The van der Waals surface area contributed by atoms with Crippen LogP contribution in [0.2, 0.25) is 0 Å². The number of nitrogen functional groups attached to an aromatic ring is 1. The number of rotatable bonds is 1. The van der Waals surface area contributed by atoms with Crippen LogP contribution in [0.5, 0.6) is 0 Å². The molecule has 90 valence electrons. The molecule has 0 aliphatic heterocycles. The molecule has 3 rings (SSSR count). The zero-order valence-corrected chi connectivity index (χ0v) is 10.4. The van der Waals surface area contributed by atoms with E-state index in [1.165, 1.54) is 16.7 Å². The zero-order valence-electron chi connectivity index (χ0n) is 10.4. The second-order valence-corrected chi connectivity index (χ2v) is 4.51. The van der Waals surface area contributed by atoms with Crippen LogP contribution in [0, 0.1) is 13.8 Å². The van der Waals surface area contributed by atoms with Gasteiger partial charge in [-0.1, -0.05) is 29.8 Å². The van der Waals surface area contributed by atoms with E-state index in [-0.39, 0.29) is 0 Å². The molecule has 18 heavy (non-hydrogen) atoms. The van der Waals surface area contributed by atoms with E-state index >= 15 is 0 Å². The van der Waals surface area contributed by atoms with E-state index in [1.54, 1.807) is 4.52 Å². The maximum atomic E-state index is 5.61. The molecule has 0 aliphatic carbocycles. The fourth-order valence-corrected chi connectivity index (χ4v) is 2.08. The summed E-state index contributed by atoms with van der Waals surface area (Å²) in [6.45, 7) is 4.15. The van der Waals surface area contributed by atoms with Gasteiger partial charge in [0.2, 0.25) is 5.95 Å². The van der Waals surface area contributed by atoms with E-state index in [1.807, 2.05) is 12.3 Å². The average Bonchev–Trinajstić information content (AvgIpc) is 2.68. The van der Waals surface area contributed by atoms with Crippen molar-refractivity contribution in [1.82, 2.24) is 14.6 Å². The van der Waals surface area contributed by atoms with Crippen molar-refractivity contribution in [2.24, 2.45) is 0 Å². The Hall–Kier alpha value is -2.36. The molecule has 0 saturated heterocycles. The maximum absolute atomic E-state index is 5.61. The summed E-state index contributed by atoms with van der Waals surface area (Å²) >= 11 is 0. The minimum absolute atomic E-state index is 0.301. The lowest BCUT2D eigenvalue weighted by Gasteiger charge is -2.06. The Morgan fingerprint density at radius 3 is 2.56 bits per heavy atom. The lowest BCUT2D eigenvalue weighted by Crippen LogP contribution is -1.93. The first-order valence-electron chi connectivity index (χ1n) is 5.83. The van der Waals surface area contributed by atoms with Gasteiger partial charge in [-0.25, -0.2) is 4.52 Å². The van der Waals surface area contributed by atoms with Gasteiger partial charge >= 0.3 is 0 Å². The number of anilines is 1. The van der Waals surface area contributed by atoms with Crippen molar-refractivity contribution >= 4 is 11.6 Å². The van der Waals surface area contributed by atoms with Gasteiger partial charge in [-0.05, 0) is 31.0 Å². The molecule has 4 heteroatoms. The molecule has 0 saturated carbocycles. The molecule has 0 fully saturated rings. The number of nitrogens with zero attached hydrogens (tertiary/aromatic N) is 3. The van der Waals surface area contributed by atoms with E-state index in [9.17, 15) is 0 Å². The normalized spacial score (nSPS) is 11.0. The molecule has 4 nitrogen and oxygen atoms in total. The molecule has 0 spiro atoms.